The van der Waals surface area contributed by atoms with Gasteiger partial charge >= 0.3 is 0 Å². The molecule has 0 fully saturated rings. The highest BCUT2D eigenvalue weighted by molar-refractivity contribution is 5.87. The summed E-state index contributed by atoms with van der Waals surface area (Å²) in [5.74, 6) is 1.23. The van der Waals surface area contributed by atoms with Crippen molar-refractivity contribution in [1.82, 2.24) is 14.9 Å². The molecular formula is C14H20N4O. The van der Waals surface area contributed by atoms with Gasteiger partial charge in [-0.15, -0.1) is 0 Å². The Kier molecular flexibility index (Phi) is 4.29. The Morgan fingerprint density at radius 2 is 2.05 bits per heavy atom. The molecule has 2 aromatic rings. The second-order valence-electron chi connectivity index (χ2n) is 4.92. The fraction of sp³-hybridized carbons (Fsp3) is 0.429. The normalized spacial score (nSPS) is 13.1. The largest absolute Gasteiger partial charge is 0.393 e. The number of nitrogens with zero attached hydrogens (tertiary/aromatic N) is 3. The van der Waals surface area contributed by atoms with E-state index in [0.29, 0.717) is 18.2 Å². The van der Waals surface area contributed by atoms with Gasteiger partial charge in [0, 0.05) is 11.9 Å². The number of anilines is 1. The first-order valence-corrected chi connectivity index (χ1v) is 6.44. The zero-order valence-corrected chi connectivity index (χ0v) is 11.4. The molecular weight excluding hydrogens is 240 g/mol. The Hall–Kier alpha value is -1.72. The zero-order chi connectivity index (χ0) is 13.8. The molecule has 2 rings (SSSR count). The average molecular weight is 260 g/mol. The molecule has 5 heteroatoms. The van der Waals surface area contributed by atoms with Crippen molar-refractivity contribution in [3.63, 3.8) is 0 Å². The quantitative estimate of drug-likeness (QED) is 0.850. The standard InChI is InChI=1S/C14H20N4O/c1-10(19)7-8-18(2)9-13-16-12-6-4-3-5-11(12)14(15)17-13/h3-6,10,19H,7-9H2,1-2H3,(H2,15,16,17). The molecule has 0 aliphatic rings. The summed E-state index contributed by atoms with van der Waals surface area (Å²) in [7, 11) is 1.98. The summed E-state index contributed by atoms with van der Waals surface area (Å²) in [5.41, 5.74) is 6.81. The predicted octanol–water partition coefficient (Wildman–Crippen LogP) is 1.41. The summed E-state index contributed by atoms with van der Waals surface area (Å²) in [4.78, 5) is 10.9. The highest BCUT2D eigenvalue weighted by atomic mass is 16.3. The van der Waals surface area contributed by atoms with Gasteiger partial charge in [-0.25, -0.2) is 9.97 Å². The van der Waals surface area contributed by atoms with E-state index in [1.807, 2.05) is 31.3 Å². The number of nitrogens with two attached hydrogens (primary N) is 1. The fourth-order valence-corrected chi connectivity index (χ4v) is 1.95. The number of benzene rings is 1. The highest BCUT2D eigenvalue weighted by Crippen LogP contribution is 2.17. The third kappa shape index (κ3) is 3.62. The van der Waals surface area contributed by atoms with Gasteiger partial charge in [-0.05, 0) is 32.5 Å². The lowest BCUT2D eigenvalue weighted by Gasteiger charge is -2.17. The number of aliphatic hydroxyl groups is 1. The van der Waals surface area contributed by atoms with Gasteiger partial charge in [0.05, 0.1) is 18.2 Å². The molecule has 5 nitrogen and oxygen atoms in total. The van der Waals surface area contributed by atoms with Gasteiger partial charge in [-0.1, -0.05) is 12.1 Å². The lowest BCUT2D eigenvalue weighted by atomic mass is 10.2. The third-order valence-electron chi connectivity index (χ3n) is 3.02. The van der Waals surface area contributed by atoms with Crippen molar-refractivity contribution in [2.75, 3.05) is 19.3 Å². The summed E-state index contributed by atoms with van der Waals surface area (Å²) in [6.07, 6.45) is 0.449. The molecule has 3 N–H and O–H groups in total. The van der Waals surface area contributed by atoms with E-state index in [2.05, 4.69) is 14.9 Å². The Morgan fingerprint density at radius 1 is 1.32 bits per heavy atom. The van der Waals surface area contributed by atoms with Gasteiger partial charge < -0.3 is 10.8 Å². The van der Waals surface area contributed by atoms with Gasteiger partial charge in [0.2, 0.25) is 0 Å². The molecule has 0 saturated carbocycles. The third-order valence-corrected chi connectivity index (χ3v) is 3.02. The molecule has 0 saturated heterocycles. The lowest BCUT2D eigenvalue weighted by Crippen LogP contribution is -2.23. The highest BCUT2D eigenvalue weighted by Gasteiger charge is 2.08. The molecule has 1 unspecified atom stereocenters. The van der Waals surface area contributed by atoms with E-state index < -0.39 is 0 Å². The minimum absolute atomic E-state index is 0.287. The maximum Gasteiger partial charge on any atom is 0.145 e. The molecule has 0 spiro atoms. The van der Waals surface area contributed by atoms with Crippen LogP contribution < -0.4 is 5.73 Å². The summed E-state index contributed by atoms with van der Waals surface area (Å²) in [6.45, 7) is 3.22. The van der Waals surface area contributed by atoms with Crippen LogP contribution in [0.15, 0.2) is 24.3 Å². The molecule has 0 aliphatic carbocycles. The molecule has 1 heterocycles. The van der Waals surface area contributed by atoms with E-state index >= 15 is 0 Å². The van der Waals surface area contributed by atoms with Gasteiger partial charge in [-0.2, -0.15) is 0 Å². The van der Waals surface area contributed by atoms with Crippen molar-refractivity contribution in [2.24, 2.45) is 0 Å². The van der Waals surface area contributed by atoms with Crippen LogP contribution in [-0.4, -0.2) is 39.7 Å². The van der Waals surface area contributed by atoms with Gasteiger partial charge in [-0.3, -0.25) is 4.90 Å². The van der Waals surface area contributed by atoms with E-state index in [0.717, 1.165) is 23.9 Å². The van der Waals surface area contributed by atoms with Crippen LogP contribution >= 0.6 is 0 Å². The van der Waals surface area contributed by atoms with E-state index in [4.69, 9.17) is 5.73 Å². The fourth-order valence-electron chi connectivity index (χ4n) is 1.95. The summed E-state index contributed by atoms with van der Waals surface area (Å²) < 4.78 is 0. The van der Waals surface area contributed by atoms with Crippen LogP contribution in [0.1, 0.15) is 19.2 Å². The van der Waals surface area contributed by atoms with Crippen LogP contribution in [0.2, 0.25) is 0 Å². The van der Waals surface area contributed by atoms with Crippen molar-refractivity contribution in [3.8, 4) is 0 Å². The second-order valence-corrected chi connectivity index (χ2v) is 4.92. The Morgan fingerprint density at radius 3 is 2.79 bits per heavy atom. The number of hydrogen-bond donors (Lipinski definition) is 2. The Balaban J connectivity index is 2.12. The first-order valence-electron chi connectivity index (χ1n) is 6.44. The molecule has 0 amide bonds. The number of hydrogen-bond acceptors (Lipinski definition) is 5. The van der Waals surface area contributed by atoms with E-state index in [9.17, 15) is 5.11 Å². The lowest BCUT2D eigenvalue weighted by molar-refractivity contribution is 0.162. The number of aliphatic hydroxyl groups excluding tert-OH is 1. The number of fused-ring (bicyclic) bond motifs is 1. The van der Waals surface area contributed by atoms with E-state index in [-0.39, 0.29) is 6.10 Å². The van der Waals surface area contributed by atoms with Crippen LogP contribution in [0.3, 0.4) is 0 Å². The SMILES string of the molecule is CC(O)CCN(C)Cc1nc(N)c2ccccc2n1. The first kappa shape index (κ1) is 13.7. The van der Waals surface area contributed by atoms with Crippen LogP contribution in [0.5, 0.6) is 0 Å². The summed E-state index contributed by atoms with van der Waals surface area (Å²) in [5, 5.41) is 10.2. The number of para-hydroxylation sites is 1. The van der Waals surface area contributed by atoms with Crippen LogP contribution in [-0.2, 0) is 6.54 Å². The number of aromatic nitrogens is 2. The van der Waals surface area contributed by atoms with Crippen LogP contribution in [0.4, 0.5) is 5.82 Å². The van der Waals surface area contributed by atoms with E-state index in [1.165, 1.54) is 0 Å². The Bertz CT molecular complexity index is 556. The summed E-state index contributed by atoms with van der Waals surface area (Å²) in [6, 6.07) is 7.73. The topological polar surface area (TPSA) is 75.3 Å². The zero-order valence-electron chi connectivity index (χ0n) is 11.4. The summed E-state index contributed by atoms with van der Waals surface area (Å²) >= 11 is 0. The average Bonchev–Trinajstić information content (AvgIpc) is 2.36. The maximum absolute atomic E-state index is 9.27. The van der Waals surface area contributed by atoms with Crippen molar-refractivity contribution in [1.29, 1.82) is 0 Å². The molecule has 102 valence electrons. The van der Waals surface area contributed by atoms with Gasteiger partial charge in [0.1, 0.15) is 11.6 Å². The number of nitrogen functional groups attached to an aromatic ring is 1. The molecule has 1 aromatic carbocycles. The second kappa shape index (κ2) is 5.95. The first-order chi connectivity index (χ1) is 9.06. The minimum atomic E-state index is -0.287. The maximum atomic E-state index is 9.27. The van der Waals surface area contributed by atoms with E-state index in [1.54, 1.807) is 6.92 Å². The molecule has 0 aliphatic heterocycles. The molecule has 0 bridgehead atoms. The molecule has 1 aromatic heterocycles. The smallest absolute Gasteiger partial charge is 0.145 e. The minimum Gasteiger partial charge on any atom is -0.393 e. The number of rotatable bonds is 5. The van der Waals surface area contributed by atoms with Gasteiger partial charge in [0.25, 0.3) is 0 Å². The van der Waals surface area contributed by atoms with Crippen molar-refractivity contribution < 1.29 is 5.11 Å². The monoisotopic (exact) mass is 260 g/mol. The molecule has 1 atom stereocenters. The van der Waals surface area contributed by atoms with Crippen molar-refractivity contribution in [2.45, 2.75) is 26.0 Å². The molecule has 19 heavy (non-hydrogen) atoms. The van der Waals surface area contributed by atoms with Gasteiger partial charge in [0.15, 0.2) is 0 Å². The van der Waals surface area contributed by atoms with Crippen LogP contribution in [0.25, 0.3) is 10.9 Å². The molecule has 0 radical (unpaired) electrons. The van der Waals surface area contributed by atoms with Crippen LogP contribution in [0, 0.1) is 0 Å². The predicted molar refractivity (Wildman–Crippen MR) is 76.6 cm³/mol. The van der Waals surface area contributed by atoms with Crippen molar-refractivity contribution >= 4 is 16.7 Å². The Labute approximate surface area is 113 Å². The van der Waals surface area contributed by atoms with Crippen molar-refractivity contribution in [3.05, 3.63) is 30.1 Å².